The van der Waals surface area contributed by atoms with Gasteiger partial charge in [-0.1, -0.05) is 50.2 Å². The summed E-state index contributed by atoms with van der Waals surface area (Å²) in [4.78, 5) is 35.3. The van der Waals surface area contributed by atoms with Crippen molar-refractivity contribution >= 4 is 28.6 Å². The number of carboxylic acids is 1. The van der Waals surface area contributed by atoms with Gasteiger partial charge in [-0.25, -0.2) is 4.79 Å². The Balaban J connectivity index is 2.02. The quantitative estimate of drug-likeness (QED) is 0.753. The van der Waals surface area contributed by atoms with Crippen LogP contribution in [-0.2, 0) is 9.59 Å². The van der Waals surface area contributed by atoms with Crippen molar-refractivity contribution in [3.05, 3.63) is 48.0 Å². The van der Waals surface area contributed by atoms with Crippen molar-refractivity contribution in [1.29, 1.82) is 0 Å². The number of hydrogen-bond donors (Lipinski definition) is 3. The Morgan fingerprint density at radius 3 is 2.38 bits per heavy atom. The van der Waals surface area contributed by atoms with E-state index in [0.717, 1.165) is 10.8 Å². The zero-order valence-corrected chi connectivity index (χ0v) is 13.6. The molecule has 3 N–H and O–H groups in total. The standard InChI is InChI=1S/C18H20N2O4/c1-11(2)16(18(23)24)20-15(21)10-19-17(22)14-9-5-7-12-6-3-4-8-13(12)14/h3-9,11,16H,10H2,1-2H3,(H,19,22)(H,20,21)(H,23,24). The second-order valence-electron chi connectivity index (χ2n) is 5.84. The minimum absolute atomic E-state index is 0.250. The van der Waals surface area contributed by atoms with Crippen molar-refractivity contribution in [2.24, 2.45) is 5.92 Å². The first-order valence-electron chi connectivity index (χ1n) is 7.68. The predicted molar refractivity (Wildman–Crippen MR) is 90.7 cm³/mol. The lowest BCUT2D eigenvalue weighted by Crippen LogP contribution is -2.48. The molecule has 1 atom stereocenters. The number of benzene rings is 2. The van der Waals surface area contributed by atoms with Crippen LogP contribution >= 0.6 is 0 Å². The van der Waals surface area contributed by atoms with E-state index in [1.54, 1.807) is 26.0 Å². The molecule has 2 amide bonds. The Kier molecular flexibility index (Phi) is 5.52. The number of fused-ring (bicyclic) bond motifs is 1. The van der Waals surface area contributed by atoms with Crippen LogP contribution in [0.25, 0.3) is 10.8 Å². The van der Waals surface area contributed by atoms with Gasteiger partial charge in [0.2, 0.25) is 5.91 Å². The van der Waals surface area contributed by atoms with E-state index in [4.69, 9.17) is 5.11 Å². The fourth-order valence-corrected chi connectivity index (χ4v) is 2.42. The topological polar surface area (TPSA) is 95.5 Å². The maximum Gasteiger partial charge on any atom is 0.326 e. The molecule has 0 spiro atoms. The van der Waals surface area contributed by atoms with Gasteiger partial charge < -0.3 is 15.7 Å². The zero-order valence-electron chi connectivity index (χ0n) is 13.6. The maximum absolute atomic E-state index is 12.3. The van der Waals surface area contributed by atoms with Crippen molar-refractivity contribution in [1.82, 2.24) is 10.6 Å². The van der Waals surface area contributed by atoms with Crippen LogP contribution in [-0.4, -0.2) is 35.5 Å². The Labute approximate surface area is 139 Å². The number of carbonyl (C=O) groups excluding carboxylic acids is 2. The average molecular weight is 328 g/mol. The van der Waals surface area contributed by atoms with Crippen LogP contribution in [0.4, 0.5) is 0 Å². The highest BCUT2D eigenvalue weighted by atomic mass is 16.4. The SMILES string of the molecule is CC(C)C(NC(=O)CNC(=O)c1cccc2ccccc12)C(=O)O. The normalized spacial score (nSPS) is 12.0. The third kappa shape index (κ3) is 4.10. The molecule has 0 aromatic heterocycles. The number of hydrogen-bond acceptors (Lipinski definition) is 3. The van der Waals surface area contributed by atoms with Gasteiger partial charge in [0.15, 0.2) is 0 Å². The average Bonchev–Trinajstić information content (AvgIpc) is 2.56. The molecule has 1 unspecified atom stereocenters. The molecule has 126 valence electrons. The largest absolute Gasteiger partial charge is 0.480 e. The lowest BCUT2D eigenvalue weighted by atomic mass is 10.0. The molecule has 0 aliphatic rings. The van der Waals surface area contributed by atoms with Crippen molar-refractivity contribution < 1.29 is 19.5 Å². The molecule has 0 aliphatic heterocycles. The van der Waals surface area contributed by atoms with Gasteiger partial charge in [0, 0.05) is 5.56 Å². The van der Waals surface area contributed by atoms with Gasteiger partial charge in [-0.15, -0.1) is 0 Å². The van der Waals surface area contributed by atoms with Crippen LogP contribution in [0, 0.1) is 5.92 Å². The number of carboxylic acid groups (broad SMARTS) is 1. The van der Waals surface area contributed by atoms with Gasteiger partial charge in [-0.05, 0) is 22.8 Å². The molecule has 0 aliphatic carbocycles. The van der Waals surface area contributed by atoms with Crippen LogP contribution < -0.4 is 10.6 Å². The molecule has 2 aromatic carbocycles. The van der Waals surface area contributed by atoms with Crippen molar-refractivity contribution in [3.8, 4) is 0 Å². The zero-order chi connectivity index (χ0) is 17.7. The highest BCUT2D eigenvalue weighted by Gasteiger charge is 2.23. The second-order valence-corrected chi connectivity index (χ2v) is 5.84. The van der Waals surface area contributed by atoms with Crippen LogP contribution in [0.2, 0.25) is 0 Å². The number of nitrogens with one attached hydrogen (secondary N) is 2. The molecule has 2 aromatic rings. The molecule has 0 saturated heterocycles. The summed E-state index contributed by atoms with van der Waals surface area (Å²) in [6.07, 6.45) is 0. The van der Waals surface area contributed by atoms with Gasteiger partial charge in [-0.2, -0.15) is 0 Å². The van der Waals surface area contributed by atoms with E-state index in [-0.39, 0.29) is 18.4 Å². The molecule has 0 saturated carbocycles. The molecule has 0 radical (unpaired) electrons. The van der Waals surface area contributed by atoms with Crippen molar-refractivity contribution in [3.63, 3.8) is 0 Å². The highest BCUT2D eigenvalue weighted by Crippen LogP contribution is 2.18. The minimum atomic E-state index is -1.10. The van der Waals surface area contributed by atoms with Gasteiger partial charge in [0.1, 0.15) is 6.04 Å². The van der Waals surface area contributed by atoms with E-state index in [9.17, 15) is 14.4 Å². The highest BCUT2D eigenvalue weighted by molar-refractivity contribution is 6.07. The number of amides is 2. The first-order valence-corrected chi connectivity index (χ1v) is 7.68. The summed E-state index contributed by atoms with van der Waals surface area (Å²) >= 11 is 0. The van der Waals surface area contributed by atoms with Crippen LogP contribution in [0.1, 0.15) is 24.2 Å². The summed E-state index contributed by atoms with van der Waals surface area (Å²) < 4.78 is 0. The summed E-state index contributed by atoms with van der Waals surface area (Å²) in [5.41, 5.74) is 0.472. The van der Waals surface area contributed by atoms with E-state index in [2.05, 4.69) is 10.6 Å². The first kappa shape index (κ1) is 17.5. The molecular formula is C18H20N2O4. The van der Waals surface area contributed by atoms with E-state index < -0.39 is 17.9 Å². The monoisotopic (exact) mass is 328 g/mol. The van der Waals surface area contributed by atoms with Gasteiger partial charge in [-0.3, -0.25) is 9.59 Å². The molecular weight excluding hydrogens is 308 g/mol. The Morgan fingerprint density at radius 2 is 1.71 bits per heavy atom. The number of aliphatic carboxylic acids is 1. The summed E-state index contributed by atoms with van der Waals surface area (Å²) in [5.74, 6) is -2.26. The minimum Gasteiger partial charge on any atom is -0.480 e. The number of carbonyl (C=O) groups is 3. The van der Waals surface area contributed by atoms with E-state index in [1.165, 1.54) is 0 Å². The first-order chi connectivity index (χ1) is 11.4. The maximum atomic E-state index is 12.3. The summed E-state index contributed by atoms with van der Waals surface area (Å²) in [7, 11) is 0. The Hall–Kier alpha value is -2.89. The number of rotatable bonds is 6. The molecule has 24 heavy (non-hydrogen) atoms. The summed E-state index contributed by atoms with van der Waals surface area (Å²) in [5, 5.41) is 15.7. The third-order valence-electron chi connectivity index (χ3n) is 3.69. The van der Waals surface area contributed by atoms with Crippen LogP contribution in [0.15, 0.2) is 42.5 Å². The van der Waals surface area contributed by atoms with Crippen LogP contribution in [0.3, 0.4) is 0 Å². The fraction of sp³-hybridized carbons (Fsp3) is 0.278. The summed E-state index contributed by atoms with van der Waals surface area (Å²) in [6, 6.07) is 11.8. The molecule has 6 nitrogen and oxygen atoms in total. The molecule has 0 bridgehead atoms. The molecule has 2 rings (SSSR count). The molecule has 0 heterocycles. The Bertz CT molecular complexity index is 765. The predicted octanol–water partition coefficient (Wildman–Crippen LogP) is 1.79. The van der Waals surface area contributed by atoms with Gasteiger partial charge in [0.05, 0.1) is 6.54 Å². The second kappa shape index (κ2) is 7.59. The van der Waals surface area contributed by atoms with Gasteiger partial charge in [0.25, 0.3) is 5.91 Å². The van der Waals surface area contributed by atoms with Gasteiger partial charge >= 0.3 is 5.97 Å². The Morgan fingerprint density at radius 1 is 1.04 bits per heavy atom. The van der Waals surface area contributed by atoms with E-state index in [1.807, 2.05) is 30.3 Å². The van der Waals surface area contributed by atoms with Crippen molar-refractivity contribution in [2.45, 2.75) is 19.9 Å². The lowest BCUT2D eigenvalue weighted by molar-refractivity contribution is -0.142. The van der Waals surface area contributed by atoms with Crippen molar-refractivity contribution in [2.75, 3.05) is 6.54 Å². The van der Waals surface area contributed by atoms with Crippen LogP contribution in [0.5, 0.6) is 0 Å². The third-order valence-corrected chi connectivity index (χ3v) is 3.69. The van der Waals surface area contributed by atoms with E-state index in [0.29, 0.717) is 5.56 Å². The molecule has 6 heteroatoms. The lowest BCUT2D eigenvalue weighted by Gasteiger charge is -2.18. The van der Waals surface area contributed by atoms with E-state index >= 15 is 0 Å². The fourth-order valence-electron chi connectivity index (χ4n) is 2.42. The molecule has 0 fully saturated rings. The summed E-state index contributed by atoms with van der Waals surface area (Å²) in [6.45, 7) is 3.13. The smallest absolute Gasteiger partial charge is 0.326 e.